The number of nitrogens with zero attached hydrogens (tertiary/aromatic N) is 3. The van der Waals surface area contributed by atoms with Crippen molar-refractivity contribution in [3.63, 3.8) is 0 Å². The second kappa shape index (κ2) is 19.6. The van der Waals surface area contributed by atoms with E-state index >= 15 is 0 Å². The van der Waals surface area contributed by atoms with Gasteiger partial charge in [0.25, 0.3) is 0 Å². The molecule has 150 valence electrons. The van der Waals surface area contributed by atoms with Crippen LogP contribution in [0.3, 0.4) is 0 Å². The average molecular weight is 375 g/mol. The van der Waals surface area contributed by atoms with Crippen molar-refractivity contribution in [2.24, 2.45) is 5.11 Å². The number of hydrogen-bond acceptors (Lipinski definition) is 7. The van der Waals surface area contributed by atoms with E-state index in [0.717, 1.165) is 0 Å². The van der Waals surface area contributed by atoms with Gasteiger partial charge in [-0.05, 0) is 18.4 Å². The number of ether oxygens (including phenoxy) is 4. The van der Waals surface area contributed by atoms with Gasteiger partial charge >= 0.3 is 5.97 Å². The highest BCUT2D eigenvalue weighted by molar-refractivity contribution is 5.78. The zero-order chi connectivity index (χ0) is 19.3. The van der Waals surface area contributed by atoms with Crippen LogP contribution in [0.25, 0.3) is 10.4 Å². The summed E-state index contributed by atoms with van der Waals surface area (Å²) in [7, 11) is 0. The molecule has 0 aromatic carbocycles. The van der Waals surface area contributed by atoms with E-state index in [9.17, 15) is 9.59 Å². The fourth-order valence-corrected chi connectivity index (χ4v) is 1.85. The molecule has 0 rings (SSSR count). The van der Waals surface area contributed by atoms with E-state index in [0.29, 0.717) is 85.1 Å². The Bertz CT molecular complexity index is 415. The zero-order valence-corrected chi connectivity index (χ0v) is 15.1. The number of hydrogen-bond donors (Lipinski definition) is 1. The normalized spacial score (nSPS) is 10.5. The first-order valence-corrected chi connectivity index (χ1v) is 8.72. The van der Waals surface area contributed by atoms with Crippen LogP contribution >= 0.6 is 0 Å². The molecular weight excluding hydrogens is 346 g/mol. The summed E-state index contributed by atoms with van der Waals surface area (Å²) in [6.45, 7) is 3.92. The summed E-state index contributed by atoms with van der Waals surface area (Å²) in [5.41, 5.74) is 8.06. The van der Waals surface area contributed by atoms with Crippen LogP contribution in [0.2, 0.25) is 0 Å². The highest BCUT2D eigenvalue weighted by atomic mass is 16.6. The average Bonchev–Trinajstić information content (AvgIpc) is 2.61. The lowest BCUT2D eigenvalue weighted by Gasteiger charge is -2.07. The minimum atomic E-state index is -0.873. The topological polar surface area (TPSA) is 140 Å². The van der Waals surface area contributed by atoms with Gasteiger partial charge in [0.1, 0.15) is 5.78 Å². The van der Waals surface area contributed by atoms with Gasteiger partial charge in [0.2, 0.25) is 0 Å². The lowest BCUT2D eigenvalue weighted by molar-refractivity contribution is -0.137. The standard InChI is InChI=1S/C16H29N3O7/c17-19-18-6-8-24-10-12-26-14-13-25-11-9-23-7-2-4-15(20)3-1-5-16(21)22/h1-14H2,(H,21,22). The largest absolute Gasteiger partial charge is 0.481 e. The van der Waals surface area contributed by atoms with Crippen LogP contribution in [0, 0.1) is 0 Å². The molecule has 0 fully saturated rings. The number of azide groups is 1. The second-order valence-electron chi connectivity index (χ2n) is 5.29. The Morgan fingerprint density at radius 2 is 1.27 bits per heavy atom. The molecule has 26 heavy (non-hydrogen) atoms. The summed E-state index contributed by atoms with van der Waals surface area (Å²) in [6.07, 6.45) is 1.79. The number of carbonyl (C=O) groups is 2. The number of Topliss-reactive ketones (excluding diaryl/α,β-unsaturated/α-hetero) is 1. The molecule has 0 spiro atoms. The highest BCUT2D eigenvalue weighted by Crippen LogP contribution is 2.02. The minimum absolute atomic E-state index is 0.0355. The van der Waals surface area contributed by atoms with E-state index in [1.807, 2.05) is 0 Å². The Morgan fingerprint density at radius 3 is 1.81 bits per heavy atom. The molecule has 0 atom stereocenters. The molecular formula is C16H29N3O7. The maximum atomic E-state index is 11.5. The maximum Gasteiger partial charge on any atom is 0.303 e. The number of carboxylic acid groups (broad SMARTS) is 1. The van der Waals surface area contributed by atoms with Crippen molar-refractivity contribution in [2.45, 2.75) is 32.1 Å². The Hall–Kier alpha value is -1.71. The van der Waals surface area contributed by atoms with Gasteiger partial charge in [-0.3, -0.25) is 9.59 Å². The van der Waals surface area contributed by atoms with Crippen molar-refractivity contribution in [3.05, 3.63) is 10.4 Å². The monoisotopic (exact) mass is 375 g/mol. The summed E-state index contributed by atoms with van der Waals surface area (Å²) in [5, 5.41) is 11.8. The molecule has 10 heteroatoms. The van der Waals surface area contributed by atoms with Gasteiger partial charge < -0.3 is 24.1 Å². The first-order valence-electron chi connectivity index (χ1n) is 8.72. The predicted octanol–water partition coefficient (Wildman–Crippen LogP) is 1.97. The summed E-state index contributed by atoms with van der Waals surface area (Å²) in [6, 6.07) is 0. The van der Waals surface area contributed by atoms with Crippen molar-refractivity contribution in [3.8, 4) is 0 Å². The van der Waals surface area contributed by atoms with Crippen molar-refractivity contribution in [2.75, 3.05) is 59.4 Å². The van der Waals surface area contributed by atoms with E-state index in [-0.39, 0.29) is 12.2 Å². The highest BCUT2D eigenvalue weighted by Gasteiger charge is 2.04. The van der Waals surface area contributed by atoms with Gasteiger partial charge in [-0.15, -0.1) is 0 Å². The SMILES string of the molecule is [N-]=[N+]=NCCOCCOCCOCCOCCCC(=O)CCCC(=O)O. The van der Waals surface area contributed by atoms with Gasteiger partial charge in [-0.2, -0.15) is 0 Å². The predicted molar refractivity (Wildman–Crippen MR) is 93.0 cm³/mol. The van der Waals surface area contributed by atoms with Crippen LogP contribution in [-0.4, -0.2) is 76.3 Å². The Labute approximate surface area is 153 Å². The zero-order valence-electron chi connectivity index (χ0n) is 15.1. The number of aliphatic carboxylic acids is 1. The summed E-state index contributed by atoms with van der Waals surface area (Å²) < 4.78 is 21.1. The third-order valence-corrected chi connectivity index (χ3v) is 3.11. The summed E-state index contributed by atoms with van der Waals surface area (Å²) >= 11 is 0. The molecule has 0 amide bonds. The van der Waals surface area contributed by atoms with Crippen LogP contribution in [-0.2, 0) is 28.5 Å². The molecule has 0 aromatic rings. The van der Waals surface area contributed by atoms with Crippen LogP contribution in [0.1, 0.15) is 32.1 Å². The van der Waals surface area contributed by atoms with Crippen molar-refractivity contribution < 1.29 is 33.6 Å². The molecule has 0 radical (unpaired) electrons. The third kappa shape index (κ3) is 20.3. The quantitative estimate of drug-likeness (QED) is 0.148. The van der Waals surface area contributed by atoms with Gasteiger partial charge in [-0.25, -0.2) is 0 Å². The molecule has 1 N–H and O–H groups in total. The van der Waals surface area contributed by atoms with Gasteiger partial charge in [0.05, 0.1) is 46.2 Å². The fourth-order valence-electron chi connectivity index (χ4n) is 1.85. The molecule has 0 aromatic heterocycles. The molecule has 0 aliphatic heterocycles. The number of ketones is 1. The van der Waals surface area contributed by atoms with E-state index in [4.69, 9.17) is 29.6 Å². The summed E-state index contributed by atoms with van der Waals surface area (Å²) in [5.74, 6) is -0.799. The Kier molecular flexibility index (Phi) is 18.3. The van der Waals surface area contributed by atoms with Crippen LogP contribution in [0.15, 0.2) is 5.11 Å². The van der Waals surface area contributed by atoms with Crippen LogP contribution in [0.5, 0.6) is 0 Å². The molecule has 0 heterocycles. The fraction of sp³-hybridized carbons (Fsp3) is 0.875. The van der Waals surface area contributed by atoms with Crippen molar-refractivity contribution >= 4 is 11.8 Å². The van der Waals surface area contributed by atoms with Crippen molar-refractivity contribution in [1.29, 1.82) is 0 Å². The Balaban J connectivity index is 3.14. The third-order valence-electron chi connectivity index (χ3n) is 3.11. The second-order valence-corrected chi connectivity index (χ2v) is 5.29. The molecule has 0 aliphatic carbocycles. The van der Waals surface area contributed by atoms with E-state index in [2.05, 4.69) is 10.0 Å². The summed E-state index contributed by atoms with van der Waals surface area (Å²) in [4.78, 5) is 24.4. The number of carbonyl (C=O) groups excluding carboxylic acids is 1. The molecule has 0 bridgehead atoms. The van der Waals surface area contributed by atoms with E-state index in [1.165, 1.54) is 0 Å². The van der Waals surface area contributed by atoms with Gasteiger partial charge in [0.15, 0.2) is 0 Å². The van der Waals surface area contributed by atoms with Gasteiger partial charge in [-0.1, -0.05) is 5.11 Å². The first kappa shape index (κ1) is 24.3. The molecule has 0 saturated heterocycles. The van der Waals surface area contributed by atoms with Crippen LogP contribution < -0.4 is 0 Å². The lowest BCUT2D eigenvalue weighted by Crippen LogP contribution is -2.12. The first-order chi connectivity index (χ1) is 12.7. The van der Waals surface area contributed by atoms with E-state index in [1.54, 1.807) is 0 Å². The number of carboxylic acids is 1. The Morgan fingerprint density at radius 1 is 0.769 bits per heavy atom. The molecule has 10 nitrogen and oxygen atoms in total. The van der Waals surface area contributed by atoms with E-state index < -0.39 is 5.97 Å². The molecule has 0 aliphatic rings. The van der Waals surface area contributed by atoms with Crippen molar-refractivity contribution in [1.82, 2.24) is 0 Å². The smallest absolute Gasteiger partial charge is 0.303 e. The van der Waals surface area contributed by atoms with Crippen LogP contribution in [0.4, 0.5) is 0 Å². The number of rotatable bonds is 20. The molecule has 0 saturated carbocycles. The lowest BCUT2D eigenvalue weighted by atomic mass is 10.1. The maximum absolute atomic E-state index is 11.5. The minimum Gasteiger partial charge on any atom is -0.481 e. The van der Waals surface area contributed by atoms with Gasteiger partial charge in [0, 0.05) is 37.3 Å². The molecule has 0 unspecified atom stereocenters.